The van der Waals surface area contributed by atoms with Gasteiger partial charge in [0.2, 0.25) is 0 Å². The molecule has 114 valence electrons. The van der Waals surface area contributed by atoms with Gasteiger partial charge in [0.15, 0.2) is 0 Å². The molecule has 0 aromatic heterocycles. The van der Waals surface area contributed by atoms with Crippen LogP contribution in [-0.4, -0.2) is 41.9 Å². The van der Waals surface area contributed by atoms with Crippen LogP contribution in [-0.2, 0) is 9.53 Å². The van der Waals surface area contributed by atoms with Crippen LogP contribution in [0.3, 0.4) is 0 Å². The number of esters is 1. The van der Waals surface area contributed by atoms with Gasteiger partial charge >= 0.3 is 5.97 Å². The Morgan fingerprint density at radius 1 is 1.38 bits per heavy atom. The van der Waals surface area contributed by atoms with Crippen molar-refractivity contribution in [3.8, 4) is 0 Å². The Balaban J connectivity index is 3.17. The van der Waals surface area contributed by atoms with Gasteiger partial charge < -0.3 is 9.64 Å². The maximum Gasteiger partial charge on any atom is 0.325 e. The van der Waals surface area contributed by atoms with Crippen LogP contribution in [0, 0.1) is 10.1 Å². The number of amides is 1. The number of carbonyl (C=O) groups excluding carboxylic acids is 2. The van der Waals surface area contributed by atoms with Crippen molar-refractivity contribution in [3.05, 3.63) is 37.9 Å². The second-order valence-electron chi connectivity index (χ2n) is 3.94. The minimum absolute atomic E-state index is 0.0261. The first kappa shape index (κ1) is 17.2. The Hall–Kier alpha value is -1.86. The second-order valence-corrected chi connectivity index (χ2v) is 4.73. The van der Waals surface area contributed by atoms with Crippen molar-refractivity contribution >= 4 is 40.8 Å². The highest BCUT2D eigenvalue weighted by Crippen LogP contribution is 2.33. The summed E-state index contributed by atoms with van der Waals surface area (Å²) >= 11 is 11.5. The fourth-order valence-corrected chi connectivity index (χ4v) is 1.95. The number of ether oxygens (including phenoxy) is 1. The zero-order valence-electron chi connectivity index (χ0n) is 11.3. The van der Waals surface area contributed by atoms with E-state index in [4.69, 9.17) is 23.2 Å². The van der Waals surface area contributed by atoms with Crippen molar-refractivity contribution in [3.63, 3.8) is 0 Å². The first-order valence-electron chi connectivity index (χ1n) is 5.81. The average Bonchev–Trinajstić information content (AvgIpc) is 2.45. The Morgan fingerprint density at radius 3 is 2.48 bits per heavy atom. The van der Waals surface area contributed by atoms with Crippen LogP contribution in [0.5, 0.6) is 0 Å². The summed E-state index contributed by atoms with van der Waals surface area (Å²) in [5, 5.41) is 10.5. The van der Waals surface area contributed by atoms with Crippen LogP contribution >= 0.6 is 23.2 Å². The smallest absolute Gasteiger partial charge is 0.325 e. The summed E-state index contributed by atoms with van der Waals surface area (Å²) in [6.45, 7) is 1.62. The van der Waals surface area contributed by atoms with Crippen molar-refractivity contribution in [2.24, 2.45) is 0 Å². The number of nitro groups is 1. The lowest BCUT2D eigenvalue weighted by Crippen LogP contribution is -2.36. The number of benzene rings is 1. The molecule has 1 aromatic rings. The van der Waals surface area contributed by atoms with E-state index in [1.165, 1.54) is 18.1 Å². The summed E-state index contributed by atoms with van der Waals surface area (Å²) < 4.78 is 4.49. The van der Waals surface area contributed by atoms with E-state index < -0.39 is 22.5 Å². The second kappa shape index (κ2) is 7.24. The van der Waals surface area contributed by atoms with E-state index >= 15 is 0 Å². The molecular formula is C12H12Cl2N2O5. The molecule has 21 heavy (non-hydrogen) atoms. The lowest BCUT2D eigenvalue weighted by molar-refractivity contribution is -0.384. The van der Waals surface area contributed by atoms with Gasteiger partial charge in [-0.15, -0.1) is 0 Å². The van der Waals surface area contributed by atoms with Gasteiger partial charge in [0.25, 0.3) is 11.6 Å². The number of nitrogens with zero attached hydrogens (tertiary/aromatic N) is 2. The third-order valence-electron chi connectivity index (χ3n) is 2.67. The predicted octanol–water partition coefficient (Wildman–Crippen LogP) is 2.54. The molecule has 0 heterocycles. The quantitative estimate of drug-likeness (QED) is 0.469. The molecule has 0 fully saturated rings. The van der Waals surface area contributed by atoms with Crippen LogP contribution in [0.25, 0.3) is 0 Å². The largest absolute Gasteiger partial charge is 0.468 e. The van der Waals surface area contributed by atoms with Gasteiger partial charge in [-0.05, 0) is 13.0 Å². The molecule has 0 atom stereocenters. The molecular weight excluding hydrogens is 323 g/mol. The number of hydrogen-bond donors (Lipinski definition) is 0. The summed E-state index contributed by atoms with van der Waals surface area (Å²) in [5.41, 5.74) is -0.497. The summed E-state index contributed by atoms with van der Waals surface area (Å²) in [7, 11) is 1.20. The molecule has 7 nitrogen and oxygen atoms in total. The third-order valence-corrected chi connectivity index (χ3v) is 3.46. The molecule has 0 aliphatic carbocycles. The van der Waals surface area contributed by atoms with Crippen LogP contribution in [0.1, 0.15) is 17.3 Å². The topological polar surface area (TPSA) is 89.8 Å². The van der Waals surface area contributed by atoms with E-state index in [0.29, 0.717) is 0 Å². The van der Waals surface area contributed by atoms with Crippen molar-refractivity contribution in [2.75, 3.05) is 20.2 Å². The third kappa shape index (κ3) is 4.05. The molecule has 0 spiro atoms. The van der Waals surface area contributed by atoms with Crippen LogP contribution in [0.2, 0.25) is 10.0 Å². The minimum Gasteiger partial charge on any atom is -0.468 e. The molecule has 1 amide bonds. The molecule has 0 N–H and O–H groups in total. The van der Waals surface area contributed by atoms with E-state index in [0.717, 1.165) is 6.07 Å². The molecule has 0 aliphatic heterocycles. The average molecular weight is 335 g/mol. The molecule has 0 saturated heterocycles. The first-order valence-corrected chi connectivity index (χ1v) is 6.56. The van der Waals surface area contributed by atoms with E-state index in [-0.39, 0.29) is 28.7 Å². The highest BCUT2D eigenvalue weighted by atomic mass is 35.5. The highest BCUT2D eigenvalue weighted by Gasteiger charge is 2.23. The number of methoxy groups -OCH3 is 1. The molecule has 0 radical (unpaired) electrons. The van der Waals surface area contributed by atoms with Gasteiger partial charge in [-0.2, -0.15) is 0 Å². The Labute approximate surface area is 130 Å². The van der Waals surface area contributed by atoms with Crippen LogP contribution in [0.15, 0.2) is 12.1 Å². The van der Waals surface area contributed by atoms with Crippen molar-refractivity contribution < 1.29 is 19.2 Å². The number of nitro benzene ring substituents is 1. The van der Waals surface area contributed by atoms with Gasteiger partial charge in [0, 0.05) is 18.2 Å². The van der Waals surface area contributed by atoms with Crippen LogP contribution in [0.4, 0.5) is 5.69 Å². The number of hydrogen-bond acceptors (Lipinski definition) is 5. The normalized spacial score (nSPS) is 10.1. The maximum atomic E-state index is 12.3. The Kier molecular flexibility index (Phi) is 5.92. The van der Waals surface area contributed by atoms with Crippen molar-refractivity contribution in [2.45, 2.75) is 6.92 Å². The standard InChI is InChI=1S/C12H12Cl2N2O5/c1-3-15(6-10(17)21-2)12(18)7-4-8(13)11(14)9(5-7)16(19)20/h4-5H,3,6H2,1-2H3. The monoisotopic (exact) mass is 334 g/mol. The number of carbonyl (C=O) groups is 2. The van der Waals surface area contributed by atoms with E-state index in [2.05, 4.69) is 4.74 Å². The molecule has 1 aromatic carbocycles. The molecule has 0 aliphatic rings. The Bertz CT molecular complexity index is 591. The lowest BCUT2D eigenvalue weighted by Gasteiger charge is -2.19. The van der Waals surface area contributed by atoms with Gasteiger partial charge in [-0.3, -0.25) is 19.7 Å². The number of halogens is 2. The Morgan fingerprint density at radius 2 is 2.00 bits per heavy atom. The van der Waals surface area contributed by atoms with E-state index in [1.54, 1.807) is 6.92 Å². The molecule has 1 rings (SSSR count). The number of rotatable bonds is 5. The van der Waals surface area contributed by atoms with E-state index in [1.807, 2.05) is 0 Å². The number of likely N-dealkylation sites (N-methyl/N-ethyl adjacent to an activating group) is 1. The highest BCUT2D eigenvalue weighted by molar-refractivity contribution is 6.43. The fourth-order valence-electron chi connectivity index (χ4n) is 1.56. The lowest BCUT2D eigenvalue weighted by atomic mass is 10.1. The predicted molar refractivity (Wildman–Crippen MR) is 76.7 cm³/mol. The van der Waals surface area contributed by atoms with Crippen LogP contribution < -0.4 is 0 Å². The minimum atomic E-state index is -0.735. The molecule has 0 bridgehead atoms. The summed E-state index contributed by atoms with van der Waals surface area (Å²) in [5.74, 6) is -1.18. The zero-order chi connectivity index (χ0) is 16.2. The molecule has 0 unspecified atom stereocenters. The summed E-state index contributed by atoms with van der Waals surface area (Å²) in [4.78, 5) is 34.8. The van der Waals surface area contributed by atoms with E-state index in [9.17, 15) is 19.7 Å². The summed E-state index contributed by atoms with van der Waals surface area (Å²) in [6.07, 6.45) is 0. The molecule has 0 saturated carbocycles. The fraction of sp³-hybridized carbons (Fsp3) is 0.333. The molecule has 9 heteroatoms. The summed E-state index contributed by atoms with van der Waals surface area (Å²) in [6, 6.07) is 2.25. The van der Waals surface area contributed by atoms with Gasteiger partial charge in [0.1, 0.15) is 11.6 Å². The van der Waals surface area contributed by atoms with Crippen molar-refractivity contribution in [1.82, 2.24) is 4.90 Å². The first-order chi connectivity index (χ1) is 9.81. The van der Waals surface area contributed by atoms with Crippen molar-refractivity contribution in [1.29, 1.82) is 0 Å². The zero-order valence-corrected chi connectivity index (χ0v) is 12.8. The van der Waals surface area contributed by atoms with Gasteiger partial charge in [-0.25, -0.2) is 0 Å². The van der Waals surface area contributed by atoms with Gasteiger partial charge in [-0.1, -0.05) is 23.2 Å². The maximum absolute atomic E-state index is 12.3. The SMILES string of the molecule is CCN(CC(=O)OC)C(=O)c1cc(Cl)c(Cl)c([N+](=O)[O-])c1. The van der Waals surface area contributed by atoms with Gasteiger partial charge in [0.05, 0.1) is 17.1 Å².